The fourth-order valence-corrected chi connectivity index (χ4v) is 12.9. The number of aromatic amines is 1. The monoisotopic (exact) mass is 581 g/mol. The lowest BCUT2D eigenvalue weighted by Gasteiger charge is -2.72. The van der Waals surface area contributed by atoms with Crippen molar-refractivity contribution >= 4 is 11.5 Å². The Bertz CT molecular complexity index is 1470. The van der Waals surface area contributed by atoms with Crippen LogP contribution < -0.4 is 0 Å². The van der Waals surface area contributed by atoms with Crippen LogP contribution in [-0.2, 0) is 5.41 Å². The predicted octanol–water partition coefficient (Wildman–Crippen LogP) is 9.11. The first kappa shape index (κ1) is 29.0. The normalized spacial score (nSPS) is 43.0. The zero-order chi connectivity index (χ0) is 30.6. The highest BCUT2D eigenvalue weighted by molar-refractivity contribution is 5.88. The van der Waals surface area contributed by atoms with Gasteiger partial charge in [0.05, 0.1) is 5.56 Å². The fraction of sp³-hybridized carbons (Fsp3) is 0.658. The van der Waals surface area contributed by atoms with Crippen molar-refractivity contribution in [3.63, 3.8) is 0 Å². The van der Waals surface area contributed by atoms with Gasteiger partial charge in [0.15, 0.2) is 5.82 Å². The Morgan fingerprint density at radius 3 is 2.33 bits per heavy atom. The standard InChI is InChI=1S/C38H51N3O2/c1-23(2)26-14-19-38(33-39-22-40-41-33)21-20-36(6)28(31(26)38)12-13-30-35(5)17-15-27(24-8-10-25(11-9-24)32(42)43)34(3,4)29(35)16-18-37(30,36)7/h8-11,15,22,26,28-31H,1,12-14,16-21H2,2-7H3,(H,42,43)(H,39,40,41)/t26-,28+,29-,30+,31+,35-,36+,37+,38-/m0/s1. The molecule has 0 aliphatic heterocycles. The number of hydrogen-bond donors (Lipinski definition) is 2. The van der Waals surface area contributed by atoms with Crippen molar-refractivity contribution < 1.29 is 9.90 Å². The maximum Gasteiger partial charge on any atom is 0.335 e. The first-order valence-electron chi connectivity index (χ1n) is 16.9. The van der Waals surface area contributed by atoms with Crippen molar-refractivity contribution in [2.24, 2.45) is 51.2 Å². The number of rotatable bonds is 4. The molecule has 0 unspecified atom stereocenters. The molecule has 5 heteroatoms. The molecule has 4 saturated carbocycles. The first-order valence-corrected chi connectivity index (χ1v) is 16.9. The van der Waals surface area contributed by atoms with Gasteiger partial charge in [0, 0.05) is 5.41 Å². The third kappa shape index (κ3) is 3.72. The van der Waals surface area contributed by atoms with E-state index in [1.165, 1.54) is 68.1 Å². The van der Waals surface area contributed by atoms with Crippen LogP contribution >= 0.6 is 0 Å². The Morgan fingerprint density at radius 1 is 0.930 bits per heavy atom. The van der Waals surface area contributed by atoms with Gasteiger partial charge < -0.3 is 5.11 Å². The molecular formula is C38H51N3O2. The molecule has 0 spiro atoms. The largest absolute Gasteiger partial charge is 0.478 e. The Balaban J connectivity index is 1.25. The van der Waals surface area contributed by atoms with Crippen molar-refractivity contribution in [3.05, 3.63) is 65.8 Å². The molecule has 2 aromatic rings. The molecular weight excluding hydrogens is 530 g/mol. The van der Waals surface area contributed by atoms with E-state index in [0.717, 1.165) is 12.2 Å². The molecule has 0 amide bonds. The molecule has 5 aliphatic carbocycles. The van der Waals surface area contributed by atoms with Crippen LogP contribution in [-0.4, -0.2) is 26.3 Å². The Hall–Kier alpha value is -2.69. The summed E-state index contributed by atoms with van der Waals surface area (Å²) in [6.07, 6.45) is 15.4. The second kappa shape index (κ2) is 9.41. The van der Waals surface area contributed by atoms with Crippen LogP contribution in [0.4, 0.5) is 0 Å². The van der Waals surface area contributed by atoms with E-state index in [-0.39, 0.29) is 21.7 Å². The van der Waals surface area contributed by atoms with Crippen molar-refractivity contribution in [2.75, 3.05) is 0 Å². The van der Waals surface area contributed by atoms with Gasteiger partial charge in [-0.3, -0.25) is 5.10 Å². The highest BCUT2D eigenvalue weighted by Gasteiger charge is 2.71. The van der Waals surface area contributed by atoms with Gasteiger partial charge in [-0.15, -0.1) is 0 Å². The molecule has 7 rings (SSSR count). The van der Waals surface area contributed by atoms with E-state index in [4.69, 9.17) is 10.1 Å². The van der Waals surface area contributed by atoms with Gasteiger partial charge in [0.2, 0.25) is 0 Å². The lowest BCUT2D eigenvalue weighted by Crippen LogP contribution is -2.65. The van der Waals surface area contributed by atoms with Crippen LogP contribution in [0.15, 0.2) is 48.8 Å². The molecule has 230 valence electrons. The quantitative estimate of drug-likeness (QED) is 0.353. The molecule has 1 aromatic carbocycles. The lowest BCUT2D eigenvalue weighted by atomic mass is 9.32. The van der Waals surface area contributed by atoms with Gasteiger partial charge in [-0.2, -0.15) is 5.10 Å². The number of carboxylic acids is 1. The number of carbonyl (C=O) groups is 1. The summed E-state index contributed by atoms with van der Waals surface area (Å²) in [5.74, 6) is 3.29. The zero-order valence-corrected chi connectivity index (χ0v) is 27.2. The summed E-state index contributed by atoms with van der Waals surface area (Å²) in [7, 11) is 0. The number of aromatic carboxylic acids is 1. The Labute approximate surface area is 258 Å². The zero-order valence-electron chi connectivity index (χ0n) is 27.2. The highest BCUT2D eigenvalue weighted by atomic mass is 16.4. The molecule has 0 saturated heterocycles. The van der Waals surface area contributed by atoms with Crippen LogP contribution in [0.25, 0.3) is 5.57 Å². The summed E-state index contributed by atoms with van der Waals surface area (Å²) in [4.78, 5) is 16.3. The second-order valence-corrected chi connectivity index (χ2v) is 16.6. The van der Waals surface area contributed by atoms with Crippen LogP contribution in [0.5, 0.6) is 0 Å². The summed E-state index contributed by atoms with van der Waals surface area (Å²) in [6.45, 7) is 19.8. The number of nitrogens with zero attached hydrogens (tertiary/aromatic N) is 2. The number of hydrogen-bond acceptors (Lipinski definition) is 3. The lowest BCUT2D eigenvalue weighted by molar-refractivity contribution is -0.218. The van der Waals surface area contributed by atoms with Crippen molar-refractivity contribution in [2.45, 2.75) is 105 Å². The summed E-state index contributed by atoms with van der Waals surface area (Å²) >= 11 is 0. The van der Waals surface area contributed by atoms with E-state index in [9.17, 15) is 9.90 Å². The van der Waals surface area contributed by atoms with Crippen LogP contribution in [0.2, 0.25) is 0 Å². The van der Waals surface area contributed by atoms with Crippen LogP contribution in [0.1, 0.15) is 121 Å². The summed E-state index contributed by atoms with van der Waals surface area (Å²) in [5, 5.41) is 17.3. The van der Waals surface area contributed by atoms with Gasteiger partial charge in [-0.1, -0.05) is 65.0 Å². The molecule has 2 N–H and O–H groups in total. The number of allylic oxidation sites excluding steroid dienone is 3. The SMILES string of the molecule is C=C(C)[C@@H]1CC[C@]2(c3nc[nH]n3)CC[C@]3(C)[C@H](CC[C@@H]4[C@@]5(C)CC=C(c6ccc(C(=O)O)cc6)C(C)(C)[C@@H]5CC[C@]43C)[C@@H]12. The van der Waals surface area contributed by atoms with Gasteiger partial charge in [0.1, 0.15) is 6.33 Å². The third-order valence-electron chi connectivity index (χ3n) is 14.9. The smallest absolute Gasteiger partial charge is 0.335 e. The average molecular weight is 582 g/mol. The number of aromatic nitrogens is 3. The number of carboxylic acid groups (broad SMARTS) is 1. The first-order chi connectivity index (χ1) is 20.3. The van der Waals surface area contributed by atoms with Crippen LogP contribution in [0, 0.1) is 51.2 Å². The van der Waals surface area contributed by atoms with Crippen molar-refractivity contribution in [1.82, 2.24) is 15.2 Å². The molecule has 1 aromatic heterocycles. The Kier molecular flexibility index (Phi) is 6.35. The van der Waals surface area contributed by atoms with E-state index in [0.29, 0.717) is 40.6 Å². The van der Waals surface area contributed by atoms with E-state index in [1.807, 2.05) is 12.1 Å². The van der Waals surface area contributed by atoms with Gasteiger partial charge >= 0.3 is 5.97 Å². The molecule has 0 radical (unpaired) electrons. The maximum atomic E-state index is 11.5. The van der Waals surface area contributed by atoms with E-state index in [2.05, 4.69) is 59.3 Å². The number of benzene rings is 1. The number of H-pyrrole nitrogens is 1. The Morgan fingerprint density at radius 2 is 1.67 bits per heavy atom. The van der Waals surface area contributed by atoms with Crippen LogP contribution in [0.3, 0.4) is 0 Å². The fourth-order valence-electron chi connectivity index (χ4n) is 12.9. The second-order valence-electron chi connectivity index (χ2n) is 16.6. The summed E-state index contributed by atoms with van der Waals surface area (Å²) in [5.41, 5.74) is 5.24. The third-order valence-corrected chi connectivity index (χ3v) is 14.9. The van der Waals surface area contributed by atoms with Gasteiger partial charge in [-0.25, -0.2) is 9.78 Å². The minimum atomic E-state index is -0.862. The van der Waals surface area contributed by atoms with Crippen molar-refractivity contribution in [1.29, 1.82) is 0 Å². The molecule has 4 fully saturated rings. The highest BCUT2D eigenvalue weighted by Crippen LogP contribution is 2.77. The van der Waals surface area contributed by atoms with E-state index >= 15 is 0 Å². The van der Waals surface area contributed by atoms with E-state index < -0.39 is 5.97 Å². The maximum absolute atomic E-state index is 11.5. The molecule has 9 atom stereocenters. The minimum absolute atomic E-state index is 0.0284. The molecule has 1 heterocycles. The molecule has 43 heavy (non-hydrogen) atoms. The number of nitrogens with one attached hydrogen (secondary N) is 1. The minimum Gasteiger partial charge on any atom is -0.478 e. The average Bonchev–Trinajstić information content (AvgIpc) is 3.63. The molecule has 5 aliphatic rings. The number of fused-ring (bicyclic) bond motifs is 7. The van der Waals surface area contributed by atoms with Gasteiger partial charge in [-0.05, 0) is 139 Å². The topological polar surface area (TPSA) is 78.9 Å². The predicted molar refractivity (Wildman–Crippen MR) is 171 cm³/mol. The summed E-state index contributed by atoms with van der Waals surface area (Å²) < 4.78 is 0. The van der Waals surface area contributed by atoms with Crippen molar-refractivity contribution in [3.8, 4) is 0 Å². The summed E-state index contributed by atoms with van der Waals surface area (Å²) in [6, 6.07) is 7.60. The van der Waals surface area contributed by atoms with E-state index in [1.54, 1.807) is 18.5 Å². The molecule has 0 bridgehead atoms. The van der Waals surface area contributed by atoms with Gasteiger partial charge in [0.25, 0.3) is 0 Å². The molecule has 5 nitrogen and oxygen atoms in total.